The third kappa shape index (κ3) is 3.14. The van der Waals surface area contributed by atoms with Crippen LogP contribution in [-0.2, 0) is 4.79 Å². The molecule has 2 aliphatic rings. The Kier molecular flexibility index (Phi) is 4.42. The number of nitrogens with zero attached hydrogens (tertiary/aromatic N) is 5. The molecule has 0 bridgehead atoms. The molecule has 1 aromatic rings. The number of anilines is 2. The van der Waals surface area contributed by atoms with Crippen molar-refractivity contribution in [3.8, 4) is 0 Å². The van der Waals surface area contributed by atoms with Gasteiger partial charge in [-0.15, -0.1) is 0 Å². The van der Waals surface area contributed by atoms with Gasteiger partial charge in [-0.05, 0) is 12.8 Å². The number of hydrogen-bond donors (Lipinski definition) is 1. The number of aromatic nitrogens is 2. The van der Waals surface area contributed by atoms with Crippen molar-refractivity contribution < 1.29 is 9.90 Å². The van der Waals surface area contributed by atoms with Crippen molar-refractivity contribution in [2.75, 3.05) is 49.1 Å². The summed E-state index contributed by atoms with van der Waals surface area (Å²) in [6, 6.07) is 0. The average Bonchev–Trinajstić information content (AvgIpc) is 2.96. The van der Waals surface area contributed by atoms with E-state index in [2.05, 4.69) is 14.9 Å². The highest BCUT2D eigenvalue weighted by Gasteiger charge is 2.27. The average molecular weight is 305 g/mol. The standard InChI is InChI=1S/C15H23N5O2/c1-12(21)19-8-9-20(11-13(22)10-19)15-14(16-4-5-17-15)18-6-2-3-7-18/h4-5,13,22H,2-3,6-11H2,1H3. The number of aliphatic hydroxyl groups is 1. The van der Waals surface area contributed by atoms with Gasteiger partial charge in [0.05, 0.1) is 6.10 Å². The first-order valence-electron chi connectivity index (χ1n) is 7.89. The molecule has 0 radical (unpaired) electrons. The molecule has 3 heterocycles. The first kappa shape index (κ1) is 15.0. The SMILES string of the molecule is CC(=O)N1CCN(c2nccnc2N2CCCC2)CC(O)C1. The normalized spacial score (nSPS) is 22.8. The fraction of sp³-hybridized carbons (Fsp3) is 0.667. The van der Waals surface area contributed by atoms with Gasteiger partial charge in [0.2, 0.25) is 5.91 Å². The van der Waals surface area contributed by atoms with E-state index in [1.54, 1.807) is 24.2 Å². The fourth-order valence-corrected chi connectivity index (χ4v) is 3.17. The third-order valence-corrected chi connectivity index (χ3v) is 4.31. The molecule has 3 rings (SSSR count). The first-order chi connectivity index (χ1) is 10.6. The van der Waals surface area contributed by atoms with E-state index in [-0.39, 0.29) is 5.91 Å². The zero-order valence-corrected chi connectivity index (χ0v) is 13.0. The lowest BCUT2D eigenvalue weighted by Gasteiger charge is -2.27. The van der Waals surface area contributed by atoms with Gasteiger partial charge in [-0.25, -0.2) is 9.97 Å². The number of amides is 1. The Morgan fingerprint density at radius 3 is 2.32 bits per heavy atom. The topological polar surface area (TPSA) is 72.8 Å². The van der Waals surface area contributed by atoms with E-state index in [0.717, 1.165) is 24.7 Å². The monoisotopic (exact) mass is 305 g/mol. The molecule has 1 atom stereocenters. The predicted molar refractivity (Wildman–Crippen MR) is 84.0 cm³/mol. The van der Waals surface area contributed by atoms with Crippen molar-refractivity contribution >= 4 is 17.5 Å². The number of carbonyl (C=O) groups is 1. The van der Waals surface area contributed by atoms with Gasteiger partial charge < -0.3 is 19.8 Å². The summed E-state index contributed by atoms with van der Waals surface area (Å²) < 4.78 is 0. The lowest BCUT2D eigenvalue weighted by Crippen LogP contribution is -2.36. The van der Waals surface area contributed by atoms with Crippen LogP contribution in [0.5, 0.6) is 0 Å². The van der Waals surface area contributed by atoms with Crippen molar-refractivity contribution in [2.45, 2.75) is 25.9 Å². The molecule has 0 aliphatic carbocycles. The maximum atomic E-state index is 11.6. The second-order valence-corrected chi connectivity index (χ2v) is 5.96. The van der Waals surface area contributed by atoms with Gasteiger partial charge in [0.1, 0.15) is 0 Å². The Hall–Kier alpha value is -1.89. The van der Waals surface area contributed by atoms with Crippen LogP contribution in [0.3, 0.4) is 0 Å². The lowest BCUT2D eigenvalue weighted by atomic mass is 10.3. The van der Waals surface area contributed by atoms with Crippen LogP contribution in [0.2, 0.25) is 0 Å². The summed E-state index contributed by atoms with van der Waals surface area (Å²) in [4.78, 5) is 26.6. The molecular formula is C15H23N5O2. The molecule has 1 unspecified atom stereocenters. The maximum absolute atomic E-state index is 11.6. The van der Waals surface area contributed by atoms with Crippen molar-refractivity contribution in [3.05, 3.63) is 12.4 Å². The predicted octanol–water partition coefficient (Wildman–Crippen LogP) is 0.106. The van der Waals surface area contributed by atoms with Crippen LogP contribution in [0.4, 0.5) is 11.6 Å². The van der Waals surface area contributed by atoms with Gasteiger partial charge in [-0.2, -0.15) is 0 Å². The molecular weight excluding hydrogens is 282 g/mol. The highest BCUT2D eigenvalue weighted by molar-refractivity contribution is 5.73. The van der Waals surface area contributed by atoms with Crippen LogP contribution < -0.4 is 9.80 Å². The molecule has 0 aromatic carbocycles. The van der Waals surface area contributed by atoms with Crippen LogP contribution in [0.1, 0.15) is 19.8 Å². The Bertz CT molecular complexity index is 532. The molecule has 1 N–H and O–H groups in total. The Morgan fingerprint density at radius 1 is 1.05 bits per heavy atom. The summed E-state index contributed by atoms with van der Waals surface area (Å²) in [5.41, 5.74) is 0. The Labute approximate surface area is 130 Å². The number of carbonyl (C=O) groups excluding carboxylic acids is 1. The molecule has 2 saturated heterocycles. The fourth-order valence-electron chi connectivity index (χ4n) is 3.17. The number of hydrogen-bond acceptors (Lipinski definition) is 6. The smallest absolute Gasteiger partial charge is 0.219 e. The van der Waals surface area contributed by atoms with Gasteiger partial charge in [0.25, 0.3) is 0 Å². The van der Waals surface area contributed by atoms with Crippen LogP contribution in [0, 0.1) is 0 Å². The van der Waals surface area contributed by atoms with E-state index in [0.29, 0.717) is 26.2 Å². The van der Waals surface area contributed by atoms with Gasteiger partial charge in [0.15, 0.2) is 11.6 Å². The summed E-state index contributed by atoms with van der Waals surface area (Å²) in [5.74, 6) is 1.71. The van der Waals surface area contributed by atoms with Crippen molar-refractivity contribution in [3.63, 3.8) is 0 Å². The molecule has 22 heavy (non-hydrogen) atoms. The van der Waals surface area contributed by atoms with E-state index < -0.39 is 6.10 Å². The van der Waals surface area contributed by atoms with Crippen LogP contribution in [0.15, 0.2) is 12.4 Å². The molecule has 2 aliphatic heterocycles. The molecule has 0 saturated carbocycles. The Morgan fingerprint density at radius 2 is 1.68 bits per heavy atom. The minimum Gasteiger partial charge on any atom is -0.389 e. The minimum absolute atomic E-state index is 0.000174. The van der Waals surface area contributed by atoms with Crippen LogP contribution in [-0.4, -0.2) is 71.3 Å². The van der Waals surface area contributed by atoms with Crippen LogP contribution >= 0.6 is 0 Å². The van der Waals surface area contributed by atoms with Crippen molar-refractivity contribution in [1.82, 2.24) is 14.9 Å². The van der Waals surface area contributed by atoms with E-state index in [4.69, 9.17) is 0 Å². The van der Waals surface area contributed by atoms with E-state index in [9.17, 15) is 9.90 Å². The highest BCUT2D eigenvalue weighted by atomic mass is 16.3. The quantitative estimate of drug-likeness (QED) is 0.836. The minimum atomic E-state index is -0.570. The number of aliphatic hydroxyl groups excluding tert-OH is 1. The largest absolute Gasteiger partial charge is 0.389 e. The van der Waals surface area contributed by atoms with Gasteiger partial charge in [-0.3, -0.25) is 4.79 Å². The molecule has 2 fully saturated rings. The summed E-state index contributed by atoms with van der Waals surface area (Å²) in [6.07, 6.45) is 5.19. The van der Waals surface area contributed by atoms with E-state index >= 15 is 0 Å². The molecule has 120 valence electrons. The summed E-state index contributed by atoms with van der Waals surface area (Å²) >= 11 is 0. The van der Waals surface area contributed by atoms with E-state index in [1.807, 2.05) is 4.90 Å². The molecule has 7 heteroatoms. The zero-order chi connectivity index (χ0) is 15.5. The highest BCUT2D eigenvalue weighted by Crippen LogP contribution is 2.28. The second-order valence-electron chi connectivity index (χ2n) is 5.96. The maximum Gasteiger partial charge on any atom is 0.219 e. The summed E-state index contributed by atoms with van der Waals surface area (Å²) in [5, 5.41) is 10.2. The van der Waals surface area contributed by atoms with Gasteiger partial charge in [-0.1, -0.05) is 0 Å². The number of β-amino-alcohol motifs (C(OH)–C–C–N with tert-alkyl or cyclic N) is 1. The van der Waals surface area contributed by atoms with Crippen molar-refractivity contribution in [2.24, 2.45) is 0 Å². The van der Waals surface area contributed by atoms with Gasteiger partial charge >= 0.3 is 0 Å². The molecule has 1 amide bonds. The third-order valence-electron chi connectivity index (χ3n) is 4.31. The Balaban J connectivity index is 1.82. The van der Waals surface area contributed by atoms with Crippen LogP contribution in [0.25, 0.3) is 0 Å². The van der Waals surface area contributed by atoms with E-state index in [1.165, 1.54) is 12.8 Å². The summed E-state index contributed by atoms with van der Waals surface area (Å²) in [7, 11) is 0. The molecule has 1 aromatic heterocycles. The second kappa shape index (κ2) is 6.48. The number of rotatable bonds is 2. The first-order valence-corrected chi connectivity index (χ1v) is 7.89. The molecule has 7 nitrogen and oxygen atoms in total. The lowest BCUT2D eigenvalue weighted by molar-refractivity contribution is -0.129. The summed E-state index contributed by atoms with van der Waals surface area (Å²) in [6.45, 7) is 5.66. The van der Waals surface area contributed by atoms with Crippen molar-refractivity contribution in [1.29, 1.82) is 0 Å². The zero-order valence-electron chi connectivity index (χ0n) is 13.0. The van der Waals surface area contributed by atoms with Gasteiger partial charge in [0, 0.05) is 58.6 Å². The molecule has 0 spiro atoms.